The van der Waals surface area contributed by atoms with Gasteiger partial charge in [-0.3, -0.25) is 0 Å². The van der Waals surface area contributed by atoms with E-state index < -0.39 is 0 Å². The monoisotopic (exact) mass is 247 g/mol. The third kappa shape index (κ3) is 2.29. The number of fused-ring (bicyclic) bond motifs is 1. The van der Waals surface area contributed by atoms with Gasteiger partial charge in [0, 0.05) is 13.1 Å². The van der Waals surface area contributed by atoms with Gasteiger partial charge in [-0.05, 0) is 18.4 Å². The Morgan fingerprint density at radius 3 is 3.06 bits per heavy atom. The number of nitrogen functional groups attached to an aromatic ring is 1. The van der Waals surface area contributed by atoms with Crippen molar-refractivity contribution in [3.63, 3.8) is 0 Å². The Morgan fingerprint density at radius 1 is 1.53 bits per heavy atom. The van der Waals surface area contributed by atoms with Crippen LogP contribution >= 0.6 is 11.3 Å². The number of thiophene rings is 1. The summed E-state index contributed by atoms with van der Waals surface area (Å²) in [5, 5.41) is 11.6. The summed E-state index contributed by atoms with van der Waals surface area (Å²) in [6.07, 6.45) is 0.476. The zero-order valence-corrected chi connectivity index (χ0v) is 10.4. The van der Waals surface area contributed by atoms with E-state index in [1.807, 2.05) is 18.4 Å². The van der Waals surface area contributed by atoms with Crippen molar-refractivity contribution in [2.45, 2.75) is 13.3 Å². The van der Waals surface area contributed by atoms with Crippen LogP contribution in [0.2, 0.25) is 0 Å². The lowest BCUT2D eigenvalue weighted by molar-refractivity contribution is 0.815. The number of nitriles is 1. The summed E-state index contributed by atoms with van der Waals surface area (Å²) < 4.78 is 0. The molecular weight excluding hydrogens is 234 g/mol. The van der Waals surface area contributed by atoms with Gasteiger partial charge in [-0.2, -0.15) is 10.2 Å². The predicted molar refractivity (Wildman–Crippen MR) is 69.9 cm³/mol. The van der Waals surface area contributed by atoms with E-state index in [0.717, 1.165) is 22.6 Å². The fourth-order valence-corrected chi connectivity index (χ4v) is 2.46. The molecule has 0 aliphatic carbocycles. The summed E-state index contributed by atoms with van der Waals surface area (Å²) in [5.41, 5.74) is 5.70. The third-order valence-electron chi connectivity index (χ3n) is 2.50. The van der Waals surface area contributed by atoms with Crippen LogP contribution in [0.15, 0.2) is 11.4 Å². The van der Waals surface area contributed by atoms with E-state index >= 15 is 0 Å². The van der Waals surface area contributed by atoms with Gasteiger partial charge in [0.15, 0.2) is 0 Å². The van der Waals surface area contributed by atoms with E-state index in [-0.39, 0.29) is 5.95 Å². The van der Waals surface area contributed by atoms with Gasteiger partial charge in [-0.15, -0.1) is 11.3 Å². The second-order valence-corrected chi connectivity index (χ2v) is 4.43. The molecule has 2 aromatic rings. The summed E-state index contributed by atoms with van der Waals surface area (Å²) in [5.74, 6) is 1.11. The highest BCUT2D eigenvalue weighted by Gasteiger charge is 2.12. The van der Waals surface area contributed by atoms with Crippen LogP contribution in [0, 0.1) is 11.3 Å². The van der Waals surface area contributed by atoms with Crippen molar-refractivity contribution in [1.82, 2.24) is 9.97 Å². The smallest absolute Gasteiger partial charge is 0.223 e. The lowest BCUT2D eigenvalue weighted by Gasteiger charge is -2.21. The molecule has 0 aromatic carbocycles. The number of nitrogens with two attached hydrogens (primary N) is 1. The quantitative estimate of drug-likeness (QED) is 0.894. The van der Waals surface area contributed by atoms with E-state index in [0.29, 0.717) is 13.0 Å². The van der Waals surface area contributed by atoms with Crippen LogP contribution in [0.3, 0.4) is 0 Å². The highest BCUT2D eigenvalue weighted by atomic mass is 32.1. The first-order valence-electron chi connectivity index (χ1n) is 5.39. The number of rotatable bonds is 4. The first-order valence-corrected chi connectivity index (χ1v) is 6.26. The van der Waals surface area contributed by atoms with Crippen molar-refractivity contribution in [3.05, 3.63) is 11.4 Å². The molecule has 2 rings (SSSR count). The van der Waals surface area contributed by atoms with Crippen LogP contribution in [0.5, 0.6) is 0 Å². The number of nitrogens with zero attached hydrogens (tertiary/aromatic N) is 4. The molecule has 0 fully saturated rings. The van der Waals surface area contributed by atoms with Crippen LogP contribution < -0.4 is 10.6 Å². The fraction of sp³-hybridized carbons (Fsp3) is 0.364. The Morgan fingerprint density at radius 2 is 2.35 bits per heavy atom. The molecular formula is C11H13N5S. The molecule has 6 heteroatoms. The van der Waals surface area contributed by atoms with Gasteiger partial charge >= 0.3 is 0 Å². The maximum absolute atomic E-state index is 8.65. The lowest BCUT2D eigenvalue weighted by atomic mass is 10.3. The molecule has 0 aliphatic rings. The van der Waals surface area contributed by atoms with Crippen LogP contribution in [0.4, 0.5) is 11.8 Å². The maximum Gasteiger partial charge on any atom is 0.223 e. The summed E-state index contributed by atoms with van der Waals surface area (Å²) in [6.45, 7) is 3.49. The molecule has 0 atom stereocenters. The van der Waals surface area contributed by atoms with Crippen molar-refractivity contribution in [2.75, 3.05) is 23.7 Å². The van der Waals surface area contributed by atoms with Crippen LogP contribution in [0.25, 0.3) is 10.2 Å². The molecule has 2 aromatic heterocycles. The zero-order valence-electron chi connectivity index (χ0n) is 9.55. The molecule has 0 spiro atoms. The maximum atomic E-state index is 8.65. The Kier molecular flexibility index (Phi) is 3.40. The molecule has 17 heavy (non-hydrogen) atoms. The second kappa shape index (κ2) is 4.97. The van der Waals surface area contributed by atoms with Crippen LogP contribution in [0.1, 0.15) is 13.3 Å². The number of hydrogen-bond acceptors (Lipinski definition) is 6. The van der Waals surface area contributed by atoms with E-state index in [2.05, 4.69) is 20.9 Å². The number of anilines is 2. The highest BCUT2D eigenvalue weighted by Crippen LogP contribution is 2.28. The van der Waals surface area contributed by atoms with Gasteiger partial charge in [-0.1, -0.05) is 0 Å². The molecule has 88 valence electrons. The van der Waals surface area contributed by atoms with E-state index in [4.69, 9.17) is 11.0 Å². The predicted octanol–water partition coefficient (Wildman–Crippen LogP) is 2.01. The average molecular weight is 247 g/mol. The van der Waals surface area contributed by atoms with E-state index in [9.17, 15) is 0 Å². The van der Waals surface area contributed by atoms with Crippen molar-refractivity contribution in [3.8, 4) is 6.07 Å². The average Bonchev–Trinajstić information content (AvgIpc) is 2.77. The highest BCUT2D eigenvalue weighted by molar-refractivity contribution is 7.16. The number of aromatic nitrogens is 2. The summed E-state index contributed by atoms with van der Waals surface area (Å²) >= 11 is 1.54. The van der Waals surface area contributed by atoms with Gasteiger partial charge in [0.05, 0.1) is 17.9 Å². The molecule has 0 saturated carbocycles. The fourth-order valence-electron chi connectivity index (χ4n) is 1.70. The van der Waals surface area contributed by atoms with Crippen molar-refractivity contribution in [2.24, 2.45) is 0 Å². The summed E-state index contributed by atoms with van der Waals surface area (Å²) in [6, 6.07) is 4.13. The molecule has 0 unspecified atom stereocenters. The largest absolute Gasteiger partial charge is 0.368 e. The van der Waals surface area contributed by atoms with Crippen LogP contribution in [-0.2, 0) is 0 Å². The first-order chi connectivity index (χ1) is 8.26. The van der Waals surface area contributed by atoms with Crippen molar-refractivity contribution in [1.29, 1.82) is 5.26 Å². The zero-order chi connectivity index (χ0) is 12.3. The van der Waals surface area contributed by atoms with Crippen LogP contribution in [-0.4, -0.2) is 23.1 Å². The standard InChI is InChI=1S/C11H13N5S/c1-2-16(6-3-5-12)9-8-4-7-17-10(8)15-11(13)14-9/h4,7H,2-3,6H2,1H3,(H2,13,14,15). The molecule has 0 aliphatic heterocycles. The Hall–Kier alpha value is -1.87. The Bertz CT molecular complexity index is 556. The Labute approximate surface area is 104 Å². The summed E-state index contributed by atoms with van der Waals surface area (Å²) in [4.78, 5) is 11.4. The third-order valence-corrected chi connectivity index (χ3v) is 3.30. The van der Waals surface area contributed by atoms with Crippen molar-refractivity contribution < 1.29 is 0 Å². The molecule has 2 heterocycles. The number of hydrogen-bond donors (Lipinski definition) is 1. The van der Waals surface area contributed by atoms with E-state index in [1.54, 1.807) is 11.3 Å². The SMILES string of the molecule is CCN(CCC#N)c1nc(N)nc2sccc12. The molecule has 0 amide bonds. The molecule has 0 radical (unpaired) electrons. The van der Waals surface area contributed by atoms with Gasteiger partial charge in [0.1, 0.15) is 10.6 Å². The first kappa shape index (κ1) is 11.6. The minimum absolute atomic E-state index is 0.283. The molecule has 0 bridgehead atoms. The topological polar surface area (TPSA) is 78.8 Å². The van der Waals surface area contributed by atoms with Gasteiger partial charge in [0.25, 0.3) is 0 Å². The minimum atomic E-state index is 0.283. The van der Waals surface area contributed by atoms with E-state index in [1.165, 1.54) is 0 Å². The summed E-state index contributed by atoms with van der Waals surface area (Å²) in [7, 11) is 0. The Balaban J connectivity index is 2.44. The minimum Gasteiger partial charge on any atom is -0.368 e. The normalized spacial score (nSPS) is 10.4. The second-order valence-electron chi connectivity index (χ2n) is 3.53. The van der Waals surface area contributed by atoms with Crippen molar-refractivity contribution >= 4 is 33.3 Å². The lowest BCUT2D eigenvalue weighted by Crippen LogP contribution is -2.25. The van der Waals surface area contributed by atoms with Gasteiger partial charge in [0.2, 0.25) is 5.95 Å². The van der Waals surface area contributed by atoms with Gasteiger partial charge < -0.3 is 10.6 Å². The molecule has 2 N–H and O–H groups in total. The van der Waals surface area contributed by atoms with Gasteiger partial charge in [-0.25, -0.2) is 4.98 Å². The molecule has 0 saturated heterocycles. The molecule has 5 nitrogen and oxygen atoms in total.